The van der Waals surface area contributed by atoms with Crippen molar-refractivity contribution in [3.05, 3.63) is 29.3 Å². The van der Waals surface area contributed by atoms with Crippen LogP contribution in [0.4, 0.5) is 0 Å². The molecule has 2 rings (SSSR count). The molecule has 138 valence electrons. The molecule has 1 amide bonds. The first kappa shape index (κ1) is 19.7. The van der Waals surface area contributed by atoms with Gasteiger partial charge in [-0.2, -0.15) is 4.31 Å². The molecule has 0 spiro atoms. The van der Waals surface area contributed by atoms with E-state index in [4.69, 9.17) is 16.3 Å². The van der Waals surface area contributed by atoms with Crippen LogP contribution in [0.25, 0.3) is 0 Å². The predicted molar refractivity (Wildman–Crippen MR) is 92.6 cm³/mol. The van der Waals surface area contributed by atoms with Gasteiger partial charge in [-0.25, -0.2) is 8.42 Å². The Labute approximate surface area is 152 Å². The molecule has 0 saturated carbocycles. The van der Waals surface area contributed by atoms with Gasteiger partial charge in [0.1, 0.15) is 6.54 Å². The van der Waals surface area contributed by atoms with Crippen molar-refractivity contribution < 1.29 is 22.7 Å². The summed E-state index contributed by atoms with van der Waals surface area (Å²) in [4.78, 5) is 23.7. The number of nitrogens with one attached hydrogen (secondary N) is 1. The third-order valence-corrected chi connectivity index (χ3v) is 6.05. The van der Waals surface area contributed by atoms with Gasteiger partial charge in [0.25, 0.3) is 0 Å². The number of hydrogen-bond donors (Lipinski definition) is 1. The lowest BCUT2D eigenvalue weighted by molar-refractivity contribution is -0.144. The average molecular weight is 389 g/mol. The van der Waals surface area contributed by atoms with Crippen molar-refractivity contribution in [1.29, 1.82) is 0 Å². The molecule has 0 aromatic heterocycles. The molecule has 1 N–H and O–H groups in total. The second kappa shape index (κ2) is 8.64. The number of nitrogens with zero attached hydrogens (tertiary/aromatic N) is 1. The molecule has 0 bridgehead atoms. The highest BCUT2D eigenvalue weighted by Crippen LogP contribution is 2.24. The SMILES string of the molecule is CCOC(=O)CNC(=O)[C@@H]1CCCN(S(=O)(=O)c2ccc(Cl)cc2)C1. The Bertz CT molecular complexity index is 721. The summed E-state index contributed by atoms with van der Waals surface area (Å²) < 4.78 is 31.4. The predicted octanol–water partition coefficient (Wildman–Crippen LogP) is 1.42. The number of rotatable bonds is 6. The van der Waals surface area contributed by atoms with Crippen molar-refractivity contribution in [2.45, 2.75) is 24.7 Å². The summed E-state index contributed by atoms with van der Waals surface area (Å²) in [5, 5.41) is 2.96. The molecule has 0 aliphatic carbocycles. The molecule has 9 heteroatoms. The van der Waals surface area contributed by atoms with E-state index in [-0.39, 0.29) is 30.5 Å². The molecule has 7 nitrogen and oxygen atoms in total. The van der Waals surface area contributed by atoms with E-state index in [1.807, 2.05) is 0 Å². The number of hydrogen-bond acceptors (Lipinski definition) is 5. The van der Waals surface area contributed by atoms with E-state index in [0.29, 0.717) is 24.4 Å². The average Bonchev–Trinajstić information content (AvgIpc) is 2.60. The number of sulfonamides is 1. The molecule has 1 heterocycles. The Morgan fingerprint density at radius 2 is 2.00 bits per heavy atom. The Hall–Kier alpha value is -1.64. The molecule has 1 saturated heterocycles. The zero-order valence-electron chi connectivity index (χ0n) is 13.9. The standard InChI is InChI=1S/C16H21ClN2O5S/c1-2-24-15(20)10-18-16(21)12-4-3-9-19(11-12)25(22,23)14-7-5-13(17)6-8-14/h5-8,12H,2-4,9-11H2,1H3,(H,18,21)/t12-/m1/s1. The molecule has 1 aliphatic rings. The summed E-state index contributed by atoms with van der Waals surface area (Å²) in [6.45, 7) is 2.14. The second-order valence-electron chi connectivity index (χ2n) is 5.68. The first-order valence-electron chi connectivity index (χ1n) is 8.03. The highest BCUT2D eigenvalue weighted by molar-refractivity contribution is 7.89. The lowest BCUT2D eigenvalue weighted by Crippen LogP contribution is -2.46. The Morgan fingerprint density at radius 3 is 2.64 bits per heavy atom. The van der Waals surface area contributed by atoms with Gasteiger partial charge in [-0.15, -0.1) is 0 Å². The van der Waals surface area contributed by atoms with Crippen LogP contribution in [-0.2, 0) is 24.3 Å². The number of carbonyl (C=O) groups is 2. The molecule has 1 aromatic carbocycles. The van der Waals surface area contributed by atoms with Gasteiger partial charge in [0.15, 0.2) is 0 Å². The lowest BCUT2D eigenvalue weighted by atomic mass is 9.99. The fourth-order valence-electron chi connectivity index (χ4n) is 2.65. The van der Waals surface area contributed by atoms with E-state index < -0.39 is 21.9 Å². The maximum atomic E-state index is 12.7. The molecule has 25 heavy (non-hydrogen) atoms. The second-order valence-corrected chi connectivity index (χ2v) is 8.05. The fraction of sp³-hybridized carbons (Fsp3) is 0.500. The van der Waals surface area contributed by atoms with Gasteiger partial charge in [-0.1, -0.05) is 11.6 Å². The van der Waals surface area contributed by atoms with Gasteiger partial charge in [0.05, 0.1) is 17.4 Å². The largest absolute Gasteiger partial charge is 0.465 e. The summed E-state index contributed by atoms with van der Waals surface area (Å²) >= 11 is 5.80. The molecule has 1 fully saturated rings. The number of halogens is 1. The Kier molecular flexibility index (Phi) is 6.80. The van der Waals surface area contributed by atoms with Crippen LogP contribution in [0.1, 0.15) is 19.8 Å². The topological polar surface area (TPSA) is 92.8 Å². The Morgan fingerprint density at radius 1 is 1.32 bits per heavy atom. The van der Waals surface area contributed by atoms with Gasteiger partial charge in [0.2, 0.25) is 15.9 Å². The van der Waals surface area contributed by atoms with Crippen molar-refractivity contribution in [2.24, 2.45) is 5.92 Å². The Balaban J connectivity index is 2.01. The summed E-state index contributed by atoms with van der Waals surface area (Å²) in [6, 6.07) is 5.92. The number of esters is 1. The first-order valence-corrected chi connectivity index (χ1v) is 9.85. The number of benzene rings is 1. The van der Waals surface area contributed by atoms with Crippen LogP contribution in [0.2, 0.25) is 5.02 Å². The number of ether oxygens (including phenoxy) is 1. The summed E-state index contributed by atoms with van der Waals surface area (Å²) in [6.07, 6.45) is 1.14. The van der Waals surface area contributed by atoms with Crippen LogP contribution in [0.5, 0.6) is 0 Å². The molecule has 0 unspecified atom stereocenters. The van der Waals surface area contributed by atoms with Crippen LogP contribution in [-0.4, -0.2) is 50.8 Å². The molecular weight excluding hydrogens is 368 g/mol. The minimum Gasteiger partial charge on any atom is -0.465 e. The van der Waals surface area contributed by atoms with Crippen molar-refractivity contribution in [2.75, 3.05) is 26.2 Å². The fourth-order valence-corrected chi connectivity index (χ4v) is 4.30. The van der Waals surface area contributed by atoms with Gasteiger partial charge < -0.3 is 10.1 Å². The number of amides is 1. The van der Waals surface area contributed by atoms with Gasteiger partial charge >= 0.3 is 5.97 Å². The van der Waals surface area contributed by atoms with Crippen LogP contribution >= 0.6 is 11.6 Å². The van der Waals surface area contributed by atoms with E-state index in [2.05, 4.69) is 5.32 Å². The van der Waals surface area contributed by atoms with E-state index in [1.165, 1.54) is 28.6 Å². The summed E-state index contributed by atoms with van der Waals surface area (Å²) in [7, 11) is -3.68. The molecule has 1 aromatic rings. The maximum Gasteiger partial charge on any atom is 0.325 e. The lowest BCUT2D eigenvalue weighted by Gasteiger charge is -2.31. The minimum atomic E-state index is -3.68. The van der Waals surface area contributed by atoms with Gasteiger partial charge in [0, 0.05) is 18.1 Å². The first-order chi connectivity index (χ1) is 11.8. The quantitative estimate of drug-likeness (QED) is 0.744. The normalized spacial score (nSPS) is 18.6. The van der Waals surface area contributed by atoms with Crippen molar-refractivity contribution in [3.8, 4) is 0 Å². The van der Waals surface area contributed by atoms with Crippen LogP contribution in [0.15, 0.2) is 29.2 Å². The number of carbonyl (C=O) groups excluding carboxylic acids is 2. The maximum absolute atomic E-state index is 12.7. The van der Waals surface area contributed by atoms with Crippen molar-refractivity contribution >= 4 is 33.5 Å². The molecule has 1 atom stereocenters. The zero-order chi connectivity index (χ0) is 18.4. The van der Waals surface area contributed by atoms with E-state index in [0.717, 1.165) is 0 Å². The van der Waals surface area contributed by atoms with Gasteiger partial charge in [-0.3, -0.25) is 9.59 Å². The van der Waals surface area contributed by atoms with Crippen LogP contribution in [0.3, 0.4) is 0 Å². The molecule has 1 aliphatic heterocycles. The molecular formula is C16H21ClN2O5S. The third-order valence-electron chi connectivity index (χ3n) is 3.92. The van der Waals surface area contributed by atoms with E-state index in [1.54, 1.807) is 6.92 Å². The highest BCUT2D eigenvalue weighted by Gasteiger charge is 2.33. The van der Waals surface area contributed by atoms with Crippen molar-refractivity contribution in [1.82, 2.24) is 9.62 Å². The van der Waals surface area contributed by atoms with E-state index in [9.17, 15) is 18.0 Å². The van der Waals surface area contributed by atoms with Crippen molar-refractivity contribution in [3.63, 3.8) is 0 Å². The smallest absolute Gasteiger partial charge is 0.325 e. The summed E-state index contributed by atoms with van der Waals surface area (Å²) in [5.41, 5.74) is 0. The zero-order valence-corrected chi connectivity index (χ0v) is 15.5. The van der Waals surface area contributed by atoms with Crippen LogP contribution < -0.4 is 5.32 Å². The molecule has 0 radical (unpaired) electrons. The monoisotopic (exact) mass is 388 g/mol. The summed E-state index contributed by atoms with van der Waals surface area (Å²) in [5.74, 6) is -1.35. The van der Waals surface area contributed by atoms with E-state index >= 15 is 0 Å². The van der Waals surface area contributed by atoms with Crippen LogP contribution in [0, 0.1) is 5.92 Å². The van der Waals surface area contributed by atoms with Gasteiger partial charge in [-0.05, 0) is 44.0 Å². The minimum absolute atomic E-state index is 0.0830. The number of piperidine rings is 1. The highest BCUT2D eigenvalue weighted by atomic mass is 35.5. The third kappa shape index (κ3) is 5.17.